The Hall–Kier alpha value is -0.425. The van der Waals surface area contributed by atoms with Gasteiger partial charge in [0.2, 0.25) is 0 Å². The van der Waals surface area contributed by atoms with Crippen LogP contribution in [0.5, 0.6) is 0 Å². The molecular weight excluding hydrogens is 154 g/mol. The molecule has 0 saturated carbocycles. The Morgan fingerprint density at radius 1 is 1.09 bits per heavy atom. The van der Waals surface area contributed by atoms with E-state index in [2.05, 4.69) is 32.9 Å². The molecule has 0 atom stereocenters. The van der Waals surface area contributed by atoms with E-state index in [4.69, 9.17) is 11.5 Å². The molecule has 1 rings (SSSR count). The van der Waals surface area contributed by atoms with Gasteiger partial charge in [0, 0.05) is 0 Å². The van der Waals surface area contributed by atoms with Crippen LogP contribution in [0.25, 0.3) is 0 Å². The van der Waals surface area contributed by atoms with Crippen LogP contribution >= 0.6 is 11.5 Å². The number of halogens is 1. The van der Waals surface area contributed by atoms with Crippen LogP contribution < -0.4 is 5.46 Å². The average Bonchev–Trinajstić information content (AvgIpc) is 1.85. The predicted octanol–water partition coefficient (Wildman–Crippen LogP) is 1.83. The summed E-state index contributed by atoms with van der Waals surface area (Å²) in [5.74, 6) is 0. The van der Waals surface area contributed by atoms with Crippen molar-refractivity contribution in [3.63, 3.8) is 0 Å². The van der Waals surface area contributed by atoms with Crippen molar-refractivity contribution in [3.8, 4) is 0 Å². The van der Waals surface area contributed by atoms with Crippen LogP contribution in [-0.4, -0.2) is 6.69 Å². The Bertz CT molecular complexity index is 245. The van der Waals surface area contributed by atoms with Crippen LogP contribution in [0.1, 0.15) is 16.7 Å². The molecular formula is C9H12BCl. The van der Waals surface area contributed by atoms with E-state index in [1.165, 1.54) is 22.2 Å². The van der Waals surface area contributed by atoms with Gasteiger partial charge in [0.25, 0.3) is 6.69 Å². The van der Waals surface area contributed by atoms with Crippen LogP contribution in [0.2, 0.25) is 0 Å². The second-order valence-corrected chi connectivity index (χ2v) is 3.28. The number of rotatable bonds is 1. The van der Waals surface area contributed by atoms with E-state index in [9.17, 15) is 0 Å². The minimum absolute atomic E-state index is 0.623. The summed E-state index contributed by atoms with van der Waals surface area (Å²) in [6.45, 7) is 6.95. The molecule has 0 aliphatic heterocycles. The van der Waals surface area contributed by atoms with Crippen LogP contribution in [0.15, 0.2) is 12.1 Å². The van der Waals surface area contributed by atoms with Crippen LogP contribution in [0.4, 0.5) is 0 Å². The quantitative estimate of drug-likeness (QED) is 0.559. The summed E-state index contributed by atoms with van der Waals surface area (Å²) in [5.41, 5.74) is 5.20. The van der Waals surface area contributed by atoms with Gasteiger partial charge in [0.05, 0.1) is 0 Å². The van der Waals surface area contributed by atoms with Gasteiger partial charge in [-0.05, 0) is 20.8 Å². The van der Waals surface area contributed by atoms with Gasteiger partial charge in [-0.2, -0.15) is 11.5 Å². The molecule has 0 heterocycles. The topological polar surface area (TPSA) is 0 Å². The normalized spacial score (nSPS) is 9.82. The fourth-order valence-corrected chi connectivity index (χ4v) is 1.84. The fourth-order valence-electron chi connectivity index (χ4n) is 1.42. The Labute approximate surface area is 73.7 Å². The number of aryl methyl sites for hydroxylation is 3. The van der Waals surface area contributed by atoms with Crippen molar-refractivity contribution >= 4 is 23.6 Å². The van der Waals surface area contributed by atoms with Gasteiger partial charge in [-0.1, -0.05) is 34.3 Å². The molecule has 0 aliphatic carbocycles. The zero-order chi connectivity index (χ0) is 8.43. The zero-order valence-electron chi connectivity index (χ0n) is 7.24. The third-order valence-corrected chi connectivity index (χ3v) is 2.24. The van der Waals surface area contributed by atoms with Crippen molar-refractivity contribution < 1.29 is 0 Å². The van der Waals surface area contributed by atoms with Crippen LogP contribution in [-0.2, 0) is 0 Å². The number of hydrogen-bond acceptors (Lipinski definition) is 0. The minimum Gasteiger partial charge on any atom is -0.194 e. The van der Waals surface area contributed by atoms with Gasteiger partial charge >= 0.3 is 0 Å². The molecule has 0 aliphatic rings. The van der Waals surface area contributed by atoms with E-state index in [-0.39, 0.29) is 0 Å². The van der Waals surface area contributed by atoms with Crippen LogP contribution in [0.3, 0.4) is 0 Å². The summed E-state index contributed by atoms with van der Waals surface area (Å²) < 4.78 is 0. The molecule has 0 N–H and O–H groups in total. The lowest BCUT2D eigenvalue weighted by atomic mass is 9.85. The lowest BCUT2D eigenvalue weighted by Crippen LogP contribution is -2.16. The van der Waals surface area contributed by atoms with Crippen molar-refractivity contribution in [2.75, 3.05) is 0 Å². The summed E-state index contributed by atoms with van der Waals surface area (Å²) in [6, 6.07) is 4.34. The number of benzene rings is 1. The highest BCUT2D eigenvalue weighted by atomic mass is 35.5. The molecule has 0 bridgehead atoms. The smallest absolute Gasteiger partial charge is 0.194 e. The third kappa shape index (κ3) is 1.78. The van der Waals surface area contributed by atoms with Gasteiger partial charge in [-0.15, -0.1) is 0 Å². The van der Waals surface area contributed by atoms with E-state index in [0.29, 0.717) is 6.69 Å². The molecule has 0 aromatic heterocycles. The maximum Gasteiger partial charge on any atom is 0.266 e. The molecule has 11 heavy (non-hydrogen) atoms. The summed E-state index contributed by atoms with van der Waals surface area (Å²) in [7, 11) is 0. The van der Waals surface area contributed by atoms with Gasteiger partial charge in [0.15, 0.2) is 0 Å². The highest BCUT2D eigenvalue weighted by molar-refractivity contribution is 7.01. The van der Waals surface area contributed by atoms with Gasteiger partial charge < -0.3 is 0 Å². The molecule has 0 fully saturated rings. The van der Waals surface area contributed by atoms with Crippen molar-refractivity contribution in [2.45, 2.75) is 20.8 Å². The summed E-state index contributed by atoms with van der Waals surface area (Å²) >= 11 is 5.79. The minimum atomic E-state index is 0.623. The lowest BCUT2D eigenvalue weighted by Gasteiger charge is -2.06. The molecule has 1 aromatic rings. The Kier molecular flexibility index (Phi) is 2.61. The zero-order valence-corrected chi connectivity index (χ0v) is 8.00. The van der Waals surface area contributed by atoms with Gasteiger partial charge in [-0.25, -0.2) is 0 Å². The first kappa shape index (κ1) is 8.67. The van der Waals surface area contributed by atoms with Crippen molar-refractivity contribution in [1.29, 1.82) is 0 Å². The second-order valence-electron chi connectivity index (χ2n) is 3.01. The average molecular weight is 166 g/mol. The van der Waals surface area contributed by atoms with Crippen molar-refractivity contribution in [3.05, 3.63) is 28.8 Å². The molecule has 1 aromatic carbocycles. The van der Waals surface area contributed by atoms with Gasteiger partial charge in [0.1, 0.15) is 0 Å². The highest BCUT2D eigenvalue weighted by Gasteiger charge is 2.02. The SMILES string of the molecule is Cc1cc(C)c(BCl)c(C)c1. The first-order chi connectivity index (χ1) is 5.15. The third-order valence-electron chi connectivity index (χ3n) is 1.97. The largest absolute Gasteiger partial charge is 0.266 e. The molecule has 58 valence electrons. The molecule has 0 nitrogen and oxygen atoms in total. The van der Waals surface area contributed by atoms with Crippen molar-refractivity contribution in [1.82, 2.24) is 0 Å². The highest BCUT2D eigenvalue weighted by Crippen LogP contribution is 2.05. The van der Waals surface area contributed by atoms with E-state index < -0.39 is 0 Å². The summed E-state index contributed by atoms with van der Waals surface area (Å²) in [5, 5.41) is 0. The maximum absolute atomic E-state index is 5.79. The molecule has 0 spiro atoms. The Morgan fingerprint density at radius 2 is 1.55 bits per heavy atom. The van der Waals surface area contributed by atoms with E-state index in [1.807, 2.05) is 0 Å². The standard InChI is InChI=1S/C9H12BCl/c1-6-4-7(2)9(10-11)8(3)5-6/h4-5,10H,1-3H3. The van der Waals surface area contributed by atoms with E-state index >= 15 is 0 Å². The predicted molar refractivity (Wildman–Crippen MR) is 53.3 cm³/mol. The molecule has 0 amide bonds. The summed E-state index contributed by atoms with van der Waals surface area (Å²) in [4.78, 5) is 0. The van der Waals surface area contributed by atoms with E-state index in [1.54, 1.807) is 0 Å². The second kappa shape index (κ2) is 3.31. The molecule has 2 heteroatoms. The van der Waals surface area contributed by atoms with Crippen LogP contribution in [0, 0.1) is 20.8 Å². The fraction of sp³-hybridized carbons (Fsp3) is 0.333. The maximum atomic E-state index is 5.79. The van der Waals surface area contributed by atoms with Gasteiger partial charge in [-0.3, -0.25) is 0 Å². The summed E-state index contributed by atoms with van der Waals surface area (Å²) in [6.07, 6.45) is 0. The molecule has 0 saturated heterocycles. The Morgan fingerprint density at radius 3 is 1.91 bits per heavy atom. The van der Waals surface area contributed by atoms with Crippen molar-refractivity contribution in [2.24, 2.45) is 0 Å². The monoisotopic (exact) mass is 166 g/mol. The molecule has 0 unspecified atom stereocenters. The van der Waals surface area contributed by atoms with E-state index in [0.717, 1.165) is 0 Å². The Balaban J connectivity index is 3.25. The first-order valence-electron chi connectivity index (χ1n) is 3.78. The first-order valence-corrected chi connectivity index (χ1v) is 4.31. The lowest BCUT2D eigenvalue weighted by molar-refractivity contribution is 1.35. The number of hydrogen-bond donors (Lipinski definition) is 0. The molecule has 0 radical (unpaired) electrons.